The molecule has 1 fully saturated rings. The van der Waals surface area contributed by atoms with Crippen LogP contribution in [-0.2, 0) is 6.42 Å². The standard InChI is InChI=1S/C13H22N4O/c1-10-12(11(2)18-16-10)6-7-15-13(14)17-8-4-3-5-9-17/h3-9H2,1-2H3,(H2,14,15). The Hall–Kier alpha value is -1.52. The van der Waals surface area contributed by atoms with E-state index in [2.05, 4.69) is 15.0 Å². The molecule has 0 spiro atoms. The third kappa shape index (κ3) is 3.03. The van der Waals surface area contributed by atoms with Crippen molar-refractivity contribution < 1.29 is 4.52 Å². The van der Waals surface area contributed by atoms with Crippen molar-refractivity contribution in [3.8, 4) is 0 Å². The first-order valence-corrected chi connectivity index (χ1v) is 6.65. The number of guanidine groups is 1. The molecular weight excluding hydrogens is 228 g/mol. The van der Waals surface area contributed by atoms with Gasteiger partial charge in [-0.1, -0.05) is 5.16 Å². The van der Waals surface area contributed by atoms with Crippen molar-refractivity contribution in [3.05, 3.63) is 17.0 Å². The second kappa shape index (κ2) is 5.89. The summed E-state index contributed by atoms with van der Waals surface area (Å²) in [6, 6.07) is 0. The van der Waals surface area contributed by atoms with E-state index < -0.39 is 0 Å². The summed E-state index contributed by atoms with van der Waals surface area (Å²) >= 11 is 0. The van der Waals surface area contributed by atoms with Gasteiger partial charge in [0.2, 0.25) is 0 Å². The van der Waals surface area contributed by atoms with Crippen molar-refractivity contribution >= 4 is 5.96 Å². The smallest absolute Gasteiger partial charge is 0.191 e. The van der Waals surface area contributed by atoms with Crippen molar-refractivity contribution in [2.45, 2.75) is 39.5 Å². The molecule has 0 unspecified atom stereocenters. The van der Waals surface area contributed by atoms with E-state index in [1.165, 1.54) is 19.3 Å². The van der Waals surface area contributed by atoms with Gasteiger partial charge in [0.15, 0.2) is 5.96 Å². The minimum absolute atomic E-state index is 0.682. The highest BCUT2D eigenvalue weighted by Gasteiger charge is 2.12. The zero-order chi connectivity index (χ0) is 13.0. The molecule has 5 nitrogen and oxygen atoms in total. The van der Waals surface area contributed by atoms with Crippen LogP contribution in [0.1, 0.15) is 36.3 Å². The fraction of sp³-hybridized carbons (Fsp3) is 0.692. The van der Waals surface area contributed by atoms with Gasteiger partial charge in [-0.05, 0) is 39.5 Å². The maximum atomic E-state index is 6.00. The molecule has 18 heavy (non-hydrogen) atoms. The molecule has 2 N–H and O–H groups in total. The second-order valence-electron chi connectivity index (χ2n) is 4.84. The van der Waals surface area contributed by atoms with Gasteiger partial charge < -0.3 is 15.2 Å². The van der Waals surface area contributed by atoms with Crippen LogP contribution in [0.2, 0.25) is 0 Å². The largest absolute Gasteiger partial charge is 0.370 e. The van der Waals surface area contributed by atoms with Crippen molar-refractivity contribution in [1.82, 2.24) is 10.1 Å². The van der Waals surface area contributed by atoms with E-state index in [1.54, 1.807) is 0 Å². The van der Waals surface area contributed by atoms with Crippen LogP contribution < -0.4 is 5.73 Å². The summed E-state index contributed by atoms with van der Waals surface area (Å²) in [6.07, 6.45) is 4.60. The van der Waals surface area contributed by atoms with Crippen molar-refractivity contribution in [3.63, 3.8) is 0 Å². The Balaban J connectivity index is 1.86. The van der Waals surface area contributed by atoms with E-state index in [0.29, 0.717) is 12.5 Å². The highest BCUT2D eigenvalue weighted by molar-refractivity contribution is 5.78. The number of hydrogen-bond acceptors (Lipinski definition) is 3. The van der Waals surface area contributed by atoms with Crippen molar-refractivity contribution in [2.75, 3.05) is 19.6 Å². The summed E-state index contributed by atoms with van der Waals surface area (Å²) in [5, 5.41) is 3.94. The molecule has 1 aliphatic rings. The topological polar surface area (TPSA) is 67.6 Å². The van der Waals surface area contributed by atoms with Crippen LogP contribution >= 0.6 is 0 Å². The van der Waals surface area contributed by atoms with E-state index in [9.17, 15) is 0 Å². The molecule has 0 saturated carbocycles. The molecule has 1 aromatic rings. The van der Waals surface area contributed by atoms with Gasteiger partial charge in [0.25, 0.3) is 0 Å². The average molecular weight is 250 g/mol. The number of nitrogens with zero attached hydrogens (tertiary/aromatic N) is 3. The Bertz CT molecular complexity index is 399. The lowest BCUT2D eigenvalue weighted by Crippen LogP contribution is -2.41. The third-order valence-corrected chi connectivity index (χ3v) is 3.50. The molecular formula is C13H22N4O. The number of hydrogen-bond donors (Lipinski definition) is 1. The summed E-state index contributed by atoms with van der Waals surface area (Å²) < 4.78 is 5.13. The quantitative estimate of drug-likeness (QED) is 0.654. The molecule has 0 atom stereocenters. The number of aryl methyl sites for hydroxylation is 2. The van der Waals surface area contributed by atoms with Crippen molar-refractivity contribution in [1.29, 1.82) is 0 Å². The molecule has 0 aromatic carbocycles. The van der Waals surface area contributed by atoms with Crippen LogP contribution in [0.5, 0.6) is 0 Å². The molecule has 0 radical (unpaired) electrons. The molecule has 5 heteroatoms. The molecule has 0 bridgehead atoms. The summed E-state index contributed by atoms with van der Waals surface area (Å²) in [5.41, 5.74) is 8.12. The Labute approximate surface area is 108 Å². The Morgan fingerprint density at radius 2 is 2.06 bits per heavy atom. The number of aliphatic imine (C=N–C) groups is 1. The monoisotopic (exact) mass is 250 g/mol. The number of aromatic nitrogens is 1. The van der Waals surface area contributed by atoms with Crippen LogP contribution in [0.4, 0.5) is 0 Å². The van der Waals surface area contributed by atoms with Gasteiger partial charge in [-0.15, -0.1) is 0 Å². The maximum absolute atomic E-state index is 6.00. The zero-order valence-electron chi connectivity index (χ0n) is 11.3. The van der Waals surface area contributed by atoms with Gasteiger partial charge in [0.05, 0.1) is 5.69 Å². The minimum atomic E-state index is 0.682. The third-order valence-electron chi connectivity index (χ3n) is 3.50. The summed E-state index contributed by atoms with van der Waals surface area (Å²) in [4.78, 5) is 6.63. The van der Waals surface area contributed by atoms with E-state index in [4.69, 9.17) is 10.3 Å². The first-order valence-electron chi connectivity index (χ1n) is 6.65. The molecule has 0 aliphatic carbocycles. The summed E-state index contributed by atoms with van der Waals surface area (Å²) in [7, 11) is 0. The first kappa shape index (κ1) is 12.9. The van der Waals surface area contributed by atoms with Gasteiger partial charge in [-0.2, -0.15) is 0 Å². The zero-order valence-corrected chi connectivity index (χ0v) is 11.3. The van der Waals surface area contributed by atoms with E-state index >= 15 is 0 Å². The van der Waals surface area contributed by atoms with Crippen LogP contribution in [0.25, 0.3) is 0 Å². The molecule has 1 aliphatic heterocycles. The summed E-state index contributed by atoms with van der Waals surface area (Å²) in [5.74, 6) is 1.57. The van der Waals surface area contributed by atoms with Crippen LogP contribution in [0, 0.1) is 13.8 Å². The highest BCUT2D eigenvalue weighted by atomic mass is 16.5. The van der Waals surface area contributed by atoms with Gasteiger partial charge in [0.1, 0.15) is 5.76 Å². The predicted octanol–water partition coefficient (Wildman–Crippen LogP) is 1.63. The molecule has 1 aromatic heterocycles. The van der Waals surface area contributed by atoms with Gasteiger partial charge >= 0.3 is 0 Å². The highest BCUT2D eigenvalue weighted by Crippen LogP contribution is 2.13. The Morgan fingerprint density at radius 3 is 2.67 bits per heavy atom. The van der Waals surface area contributed by atoms with Gasteiger partial charge in [-0.3, -0.25) is 4.99 Å². The first-order chi connectivity index (χ1) is 8.68. The fourth-order valence-corrected chi connectivity index (χ4v) is 2.36. The van der Waals surface area contributed by atoms with E-state index in [0.717, 1.165) is 36.5 Å². The number of piperidine rings is 1. The summed E-state index contributed by atoms with van der Waals surface area (Å²) in [6.45, 7) is 6.68. The lowest BCUT2D eigenvalue weighted by Gasteiger charge is -2.27. The van der Waals surface area contributed by atoms with Crippen LogP contribution in [0.15, 0.2) is 9.52 Å². The molecule has 1 saturated heterocycles. The predicted molar refractivity (Wildman–Crippen MR) is 71.6 cm³/mol. The lowest BCUT2D eigenvalue weighted by atomic mass is 10.1. The number of nitrogens with two attached hydrogens (primary N) is 1. The second-order valence-corrected chi connectivity index (χ2v) is 4.84. The minimum Gasteiger partial charge on any atom is -0.370 e. The van der Waals surface area contributed by atoms with Gasteiger partial charge in [-0.25, -0.2) is 0 Å². The molecule has 0 amide bonds. The van der Waals surface area contributed by atoms with Crippen LogP contribution in [0.3, 0.4) is 0 Å². The Morgan fingerprint density at radius 1 is 1.33 bits per heavy atom. The van der Waals surface area contributed by atoms with E-state index in [1.807, 2.05) is 13.8 Å². The Kier molecular flexibility index (Phi) is 4.23. The van der Waals surface area contributed by atoms with Gasteiger partial charge in [0, 0.05) is 25.2 Å². The van der Waals surface area contributed by atoms with E-state index in [-0.39, 0.29) is 0 Å². The maximum Gasteiger partial charge on any atom is 0.191 e. The number of rotatable bonds is 3. The SMILES string of the molecule is Cc1noc(C)c1CCN=C(N)N1CCCCC1. The van der Waals surface area contributed by atoms with Crippen molar-refractivity contribution in [2.24, 2.45) is 10.7 Å². The molecule has 2 heterocycles. The average Bonchev–Trinajstić information content (AvgIpc) is 2.71. The molecule has 100 valence electrons. The molecule has 2 rings (SSSR count). The lowest BCUT2D eigenvalue weighted by molar-refractivity contribution is 0.338. The normalized spacial score (nSPS) is 17.2. The number of likely N-dealkylation sites (tertiary alicyclic amines) is 1. The fourth-order valence-electron chi connectivity index (χ4n) is 2.36. The van der Waals surface area contributed by atoms with Crippen LogP contribution in [-0.4, -0.2) is 35.7 Å².